The Morgan fingerprint density at radius 3 is 2.67 bits per heavy atom. The Morgan fingerprint density at radius 1 is 1.58 bits per heavy atom. The second-order valence-electron chi connectivity index (χ2n) is 2.08. The fourth-order valence-electron chi connectivity index (χ4n) is 0.718. The van der Waals surface area contributed by atoms with Gasteiger partial charge in [-0.15, -0.1) is 0 Å². The van der Waals surface area contributed by atoms with E-state index >= 15 is 0 Å². The van der Waals surface area contributed by atoms with Crippen LogP contribution in [0.5, 0.6) is 0 Å². The van der Waals surface area contributed by atoms with E-state index in [9.17, 15) is 13.6 Å². The van der Waals surface area contributed by atoms with Crippen molar-refractivity contribution in [2.24, 2.45) is 0 Å². The average molecular weight is 170 g/mol. The maximum Gasteiger partial charge on any atom is 0.269 e. The molecule has 0 saturated heterocycles. The van der Waals surface area contributed by atoms with Crippen molar-refractivity contribution in [2.45, 2.75) is 6.43 Å². The molecule has 3 nitrogen and oxygen atoms in total. The van der Waals surface area contributed by atoms with E-state index in [2.05, 4.69) is 4.98 Å². The second-order valence-corrected chi connectivity index (χ2v) is 2.08. The smallest absolute Gasteiger partial charge is 0.269 e. The summed E-state index contributed by atoms with van der Waals surface area (Å²) < 4.78 is 23.9. The topological polar surface area (TPSA) is 56.6 Å². The van der Waals surface area contributed by atoms with Gasteiger partial charge in [0, 0.05) is 12.3 Å². The zero-order chi connectivity index (χ0) is 9.14. The van der Waals surface area contributed by atoms with E-state index in [1.54, 1.807) is 6.07 Å². The molecule has 1 aromatic rings. The van der Waals surface area contributed by atoms with Crippen LogP contribution in [0.3, 0.4) is 0 Å². The Kier molecular flexibility index (Phi) is 2.19. The number of nitrogens with one attached hydrogen (secondary N) is 1. The van der Waals surface area contributed by atoms with E-state index in [0.717, 1.165) is 12.3 Å². The molecule has 0 radical (unpaired) electrons. The van der Waals surface area contributed by atoms with Gasteiger partial charge in [0.05, 0.1) is 5.56 Å². The Hall–Kier alpha value is -1.70. The first-order chi connectivity index (χ1) is 5.65. The van der Waals surface area contributed by atoms with E-state index in [1.165, 1.54) is 0 Å². The first-order valence-corrected chi connectivity index (χ1v) is 3.06. The Labute approximate surface area is 66.3 Å². The molecule has 62 valence electrons. The SMILES string of the molecule is N#Cc1cc(=O)c(C(F)F)c[nH]1. The number of alkyl halides is 2. The quantitative estimate of drug-likeness (QED) is 0.688. The van der Waals surface area contributed by atoms with Gasteiger partial charge < -0.3 is 4.98 Å². The van der Waals surface area contributed by atoms with E-state index in [0.29, 0.717) is 0 Å². The van der Waals surface area contributed by atoms with Gasteiger partial charge in [0.15, 0.2) is 5.43 Å². The summed E-state index contributed by atoms with van der Waals surface area (Å²) in [6.07, 6.45) is -1.95. The number of H-pyrrole nitrogens is 1. The predicted molar refractivity (Wildman–Crippen MR) is 36.7 cm³/mol. The molecule has 0 aromatic carbocycles. The molecular weight excluding hydrogens is 166 g/mol. The molecule has 0 saturated carbocycles. The lowest BCUT2D eigenvalue weighted by atomic mass is 10.2. The van der Waals surface area contributed by atoms with Gasteiger partial charge in [-0.3, -0.25) is 4.79 Å². The van der Waals surface area contributed by atoms with Crippen molar-refractivity contribution >= 4 is 0 Å². The van der Waals surface area contributed by atoms with Crippen molar-refractivity contribution in [2.75, 3.05) is 0 Å². The van der Waals surface area contributed by atoms with Crippen molar-refractivity contribution in [1.29, 1.82) is 5.26 Å². The summed E-state index contributed by atoms with van der Waals surface area (Å²) in [5.41, 5.74) is -1.46. The molecule has 1 rings (SSSR count). The summed E-state index contributed by atoms with van der Waals surface area (Å²) in [6, 6.07) is 2.48. The van der Waals surface area contributed by atoms with Gasteiger partial charge in [0.2, 0.25) is 0 Å². The summed E-state index contributed by atoms with van der Waals surface area (Å²) >= 11 is 0. The minimum atomic E-state index is -2.80. The van der Waals surface area contributed by atoms with Crippen molar-refractivity contribution in [3.8, 4) is 6.07 Å². The largest absolute Gasteiger partial charge is 0.352 e. The second kappa shape index (κ2) is 3.13. The molecule has 0 bridgehead atoms. The standard InChI is InChI=1S/C7H4F2N2O/c8-7(9)5-3-11-4(2-10)1-6(5)12/h1,3,7H,(H,11,12). The predicted octanol–water partition coefficient (Wildman–Crippen LogP) is 1.18. The van der Waals surface area contributed by atoms with Gasteiger partial charge in [-0.05, 0) is 0 Å². The molecule has 1 aromatic heterocycles. The lowest BCUT2D eigenvalue weighted by molar-refractivity contribution is 0.149. The van der Waals surface area contributed by atoms with Crippen molar-refractivity contribution in [3.63, 3.8) is 0 Å². The van der Waals surface area contributed by atoms with Gasteiger partial charge in [-0.1, -0.05) is 0 Å². The van der Waals surface area contributed by atoms with Gasteiger partial charge >= 0.3 is 0 Å². The Balaban J connectivity index is 3.24. The van der Waals surface area contributed by atoms with Crippen LogP contribution >= 0.6 is 0 Å². The molecule has 1 heterocycles. The molecule has 1 N–H and O–H groups in total. The van der Waals surface area contributed by atoms with Crippen LogP contribution in [-0.4, -0.2) is 4.98 Å². The van der Waals surface area contributed by atoms with Gasteiger partial charge in [-0.25, -0.2) is 8.78 Å². The lowest BCUT2D eigenvalue weighted by Gasteiger charge is -1.96. The van der Waals surface area contributed by atoms with Crippen molar-refractivity contribution in [3.05, 3.63) is 33.7 Å². The Morgan fingerprint density at radius 2 is 2.25 bits per heavy atom. The van der Waals surface area contributed by atoms with E-state index in [1.807, 2.05) is 0 Å². The first-order valence-electron chi connectivity index (χ1n) is 3.06. The molecular formula is C7H4F2N2O. The molecule has 12 heavy (non-hydrogen) atoms. The van der Waals surface area contributed by atoms with Crippen LogP contribution in [-0.2, 0) is 0 Å². The number of nitrogens with zero attached hydrogens (tertiary/aromatic N) is 1. The molecule has 0 aliphatic carbocycles. The van der Waals surface area contributed by atoms with E-state index in [-0.39, 0.29) is 5.69 Å². The van der Waals surface area contributed by atoms with Crippen LogP contribution in [0.25, 0.3) is 0 Å². The molecule has 5 heteroatoms. The molecule has 0 aliphatic heterocycles. The summed E-state index contributed by atoms with van der Waals surface area (Å²) in [4.78, 5) is 13.1. The fourth-order valence-corrected chi connectivity index (χ4v) is 0.718. The number of pyridine rings is 1. The molecule has 0 unspecified atom stereocenters. The Bertz CT molecular complexity index is 378. The third-order valence-corrected chi connectivity index (χ3v) is 1.30. The van der Waals surface area contributed by atoms with E-state index in [4.69, 9.17) is 5.26 Å². The monoisotopic (exact) mass is 170 g/mol. The maximum atomic E-state index is 12.0. The average Bonchev–Trinajstić information content (AvgIpc) is 2.03. The minimum Gasteiger partial charge on any atom is -0.352 e. The van der Waals surface area contributed by atoms with Crippen molar-refractivity contribution < 1.29 is 8.78 Å². The number of aromatic nitrogens is 1. The number of hydrogen-bond acceptors (Lipinski definition) is 2. The summed E-state index contributed by atoms with van der Waals surface area (Å²) in [5.74, 6) is 0. The molecule has 0 fully saturated rings. The number of halogens is 2. The zero-order valence-corrected chi connectivity index (χ0v) is 5.84. The highest BCUT2D eigenvalue weighted by Crippen LogP contribution is 2.12. The highest BCUT2D eigenvalue weighted by Gasteiger charge is 2.11. The van der Waals surface area contributed by atoms with Gasteiger partial charge in [0.1, 0.15) is 11.8 Å². The van der Waals surface area contributed by atoms with Crippen LogP contribution < -0.4 is 5.43 Å². The molecule has 0 aliphatic rings. The third kappa shape index (κ3) is 1.48. The zero-order valence-electron chi connectivity index (χ0n) is 5.84. The highest BCUT2D eigenvalue weighted by atomic mass is 19.3. The maximum absolute atomic E-state index is 12.0. The third-order valence-electron chi connectivity index (χ3n) is 1.30. The van der Waals surface area contributed by atoms with Crippen LogP contribution in [0.2, 0.25) is 0 Å². The molecule has 0 amide bonds. The van der Waals surface area contributed by atoms with Crippen LogP contribution in [0, 0.1) is 11.3 Å². The number of aromatic amines is 1. The van der Waals surface area contributed by atoms with Crippen molar-refractivity contribution in [1.82, 2.24) is 4.98 Å². The normalized spacial score (nSPS) is 9.83. The minimum absolute atomic E-state index is 0.0237. The number of hydrogen-bond donors (Lipinski definition) is 1. The number of nitriles is 1. The lowest BCUT2D eigenvalue weighted by Crippen LogP contribution is -2.09. The van der Waals surface area contributed by atoms with Crippen LogP contribution in [0.1, 0.15) is 17.7 Å². The van der Waals surface area contributed by atoms with Crippen LogP contribution in [0.15, 0.2) is 17.1 Å². The number of rotatable bonds is 1. The summed E-state index contributed by atoms with van der Waals surface area (Å²) in [6.45, 7) is 0. The summed E-state index contributed by atoms with van der Waals surface area (Å²) in [7, 11) is 0. The highest BCUT2D eigenvalue weighted by molar-refractivity contribution is 5.23. The first kappa shape index (κ1) is 8.40. The van der Waals surface area contributed by atoms with Crippen LogP contribution in [0.4, 0.5) is 8.78 Å². The van der Waals surface area contributed by atoms with Gasteiger partial charge in [-0.2, -0.15) is 5.26 Å². The van der Waals surface area contributed by atoms with E-state index < -0.39 is 17.4 Å². The van der Waals surface area contributed by atoms with Gasteiger partial charge in [0.25, 0.3) is 6.43 Å². The molecule has 0 atom stereocenters. The fraction of sp³-hybridized carbons (Fsp3) is 0.143. The molecule has 0 spiro atoms. The summed E-state index contributed by atoms with van der Waals surface area (Å²) in [5, 5.41) is 8.28.